The fourth-order valence-corrected chi connectivity index (χ4v) is 3.42. The van der Waals surface area contributed by atoms with Crippen molar-refractivity contribution in [2.45, 2.75) is 46.1 Å². The Balaban J connectivity index is 1.72. The third-order valence-electron chi connectivity index (χ3n) is 4.24. The molecule has 1 aliphatic rings. The molecule has 0 radical (unpaired) electrons. The SMILES string of the molecule is CCC(C)n1nccc1NC(=O)c1sc(NC(=O)C2CC2)cc1C. The van der Waals surface area contributed by atoms with Crippen LogP contribution in [0.3, 0.4) is 0 Å². The molecule has 2 N–H and O–H groups in total. The standard InChI is InChI=1S/C17H22N4O2S/c1-4-11(3)21-13(7-8-18-21)19-17(23)15-10(2)9-14(24-15)20-16(22)12-5-6-12/h7-9,11-12H,4-6H2,1-3H3,(H,19,23)(H,20,22). The average Bonchev–Trinajstić information content (AvgIpc) is 3.21. The highest BCUT2D eigenvalue weighted by Gasteiger charge is 2.30. The number of aromatic nitrogens is 2. The lowest BCUT2D eigenvalue weighted by molar-refractivity contribution is -0.117. The van der Waals surface area contributed by atoms with Gasteiger partial charge in [0.15, 0.2) is 0 Å². The number of anilines is 2. The minimum Gasteiger partial charge on any atom is -0.317 e. The zero-order chi connectivity index (χ0) is 17.3. The zero-order valence-electron chi connectivity index (χ0n) is 14.1. The molecule has 1 aliphatic carbocycles. The van der Waals surface area contributed by atoms with Crippen molar-refractivity contribution in [1.82, 2.24) is 9.78 Å². The molecule has 1 unspecified atom stereocenters. The molecule has 0 aromatic carbocycles. The Hall–Kier alpha value is -2.15. The van der Waals surface area contributed by atoms with Crippen LogP contribution in [-0.4, -0.2) is 21.6 Å². The van der Waals surface area contributed by atoms with Crippen LogP contribution in [0.5, 0.6) is 0 Å². The summed E-state index contributed by atoms with van der Waals surface area (Å²) in [7, 11) is 0. The molecular weight excluding hydrogens is 324 g/mol. The first-order valence-corrected chi connectivity index (χ1v) is 9.07. The molecule has 2 heterocycles. The molecule has 2 aromatic rings. The molecule has 0 saturated heterocycles. The van der Waals surface area contributed by atoms with E-state index in [2.05, 4.69) is 29.6 Å². The number of carbonyl (C=O) groups excluding carboxylic acids is 2. The predicted molar refractivity (Wildman–Crippen MR) is 95.6 cm³/mol. The smallest absolute Gasteiger partial charge is 0.267 e. The molecule has 128 valence electrons. The average molecular weight is 346 g/mol. The number of rotatable bonds is 6. The topological polar surface area (TPSA) is 76.0 Å². The Morgan fingerprint density at radius 3 is 2.83 bits per heavy atom. The van der Waals surface area contributed by atoms with E-state index >= 15 is 0 Å². The van der Waals surface area contributed by atoms with Crippen molar-refractivity contribution in [2.75, 3.05) is 10.6 Å². The van der Waals surface area contributed by atoms with Crippen LogP contribution in [0.25, 0.3) is 0 Å². The minimum atomic E-state index is -0.172. The van der Waals surface area contributed by atoms with Crippen LogP contribution in [0.4, 0.5) is 10.8 Å². The molecule has 2 amide bonds. The Morgan fingerprint density at radius 2 is 2.17 bits per heavy atom. The number of aryl methyl sites for hydroxylation is 1. The van der Waals surface area contributed by atoms with Gasteiger partial charge in [-0.2, -0.15) is 5.10 Å². The summed E-state index contributed by atoms with van der Waals surface area (Å²) in [6, 6.07) is 3.86. The molecule has 0 spiro atoms. The van der Waals surface area contributed by atoms with E-state index in [-0.39, 0.29) is 23.8 Å². The highest BCUT2D eigenvalue weighted by atomic mass is 32.1. The zero-order valence-corrected chi connectivity index (χ0v) is 14.9. The van der Waals surface area contributed by atoms with Gasteiger partial charge in [-0.3, -0.25) is 9.59 Å². The lowest BCUT2D eigenvalue weighted by Gasteiger charge is -2.14. The van der Waals surface area contributed by atoms with Gasteiger partial charge in [-0.1, -0.05) is 6.92 Å². The maximum Gasteiger partial charge on any atom is 0.267 e. The van der Waals surface area contributed by atoms with Crippen LogP contribution < -0.4 is 10.6 Å². The lowest BCUT2D eigenvalue weighted by atomic mass is 10.2. The van der Waals surface area contributed by atoms with Gasteiger partial charge in [0.1, 0.15) is 5.82 Å². The van der Waals surface area contributed by atoms with E-state index in [0.717, 1.165) is 29.8 Å². The molecular formula is C17H22N4O2S. The van der Waals surface area contributed by atoms with Crippen LogP contribution in [-0.2, 0) is 4.79 Å². The molecule has 1 saturated carbocycles. The number of thiophene rings is 1. The van der Waals surface area contributed by atoms with Crippen LogP contribution >= 0.6 is 11.3 Å². The Morgan fingerprint density at radius 1 is 1.42 bits per heavy atom. The highest BCUT2D eigenvalue weighted by Crippen LogP contribution is 2.33. The van der Waals surface area contributed by atoms with Crippen LogP contribution in [0.2, 0.25) is 0 Å². The minimum absolute atomic E-state index is 0.0538. The van der Waals surface area contributed by atoms with Crippen LogP contribution in [0, 0.1) is 12.8 Å². The molecule has 0 bridgehead atoms. The fourth-order valence-electron chi connectivity index (χ4n) is 2.45. The highest BCUT2D eigenvalue weighted by molar-refractivity contribution is 7.18. The second kappa shape index (κ2) is 6.76. The van der Waals surface area contributed by atoms with Gasteiger partial charge in [-0.05, 0) is 44.7 Å². The number of nitrogens with one attached hydrogen (secondary N) is 2. The molecule has 24 heavy (non-hydrogen) atoms. The monoisotopic (exact) mass is 346 g/mol. The molecule has 1 atom stereocenters. The fraction of sp³-hybridized carbons (Fsp3) is 0.471. The summed E-state index contributed by atoms with van der Waals surface area (Å²) in [5.41, 5.74) is 0.859. The second-order valence-electron chi connectivity index (χ2n) is 6.26. The summed E-state index contributed by atoms with van der Waals surface area (Å²) in [6.07, 6.45) is 4.54. The van der Waals surface area contributed by atoms with Crippen molar-refractivity contribution in [3.63, 3.8) is 0 Å². The van der Waals surface area contributed by atoms with E-state index < -0.39 is 0 Å². The Labute approximate surface area is 145 Å². The van der Waals surface area contributed by atoms with Gasteiger partial charge in [0.05, 0.1) is 22.1 Å². The molecule has 2 aromatic heterocycles. The predicted octanol–water partition coefficient (Wildman–Crippen LogP) is 3.82. The van der Waals surface area contributed by atoms with Crippen molar-refractivity contribution in [3.05, 3.63) is 28.8 Å². The van der Waals surface area contributed by atoms with Crippen LogP contribution in [0.1, 0.15) is 54.4 Å². The van der Waals surface area contributed by atoms with Crippen molar-refractivity contribution in [1.29, 1.82) is 0 Å². The Kier molecular flexibility index (Phi) is 4.71. The number of hydrogen-bond acceptors (Lipinski definition) is 4. The van der Waals surface area contributed by atoms with E-state index in [1.807, 2.05) is 17.7 Å². The summed E-state index contributed by atoms with van der Waals surface area (Å²) >= 11 is 1.31. The molecule has 0 aliphatic heterocycles. The number of hydrogen-bond donors (Lipinski definition) is 2. The van der Waals surface area contributed by atoms with E-state index in [1.165, 1.54) is 11.3 Å². The quantitative estimate of drug-likeness (QED) is 0.835. The van der Waals surface area contributed by atoms with E-state index in [4.69, 9.17) is 0 Å². The summed E-state index contributed by atoms with van der Waals surface area (Å²) in [6.45, 7) is 6.02. The van der Waals surface area contributed by atoms with Gasteiger partial charge in [-0.15, -0.1) is 11.3 Å². The van der Waals surface area contributed by atoms with Gasteiger partial charge in [0, 0.05) is 12.0 Å². The number of nitrogens with zero attached hydrogens (tertiary/aromatic N) is 2. The van der Waals surface area contributed by atoms with Gasteiger partial charge in [0.25, 0.3) is 5.91 Å². The first kappa shape index (κ1) is 16.7. The van der Waals surface area contributed by atoms with Crippen LogP contribution in [0.15, 0.2) is 18.3 Å². The number of carbonyl (C=O) groups is 2. The lowest BCUT2D eigenvalue weighted by Crippen LogP contribution is -2.17. The van der Waals surface area contributed by atoms with Crippen molar-refractivity contribution < 1.29 is 9.59 Å². The van der Waals surface area contributed by atoms with E-state index in [1.54, 1.807) is 12.3 Å². The Bertz CT molecular complexity index is 760. The van der Waals surface area contributed by atoms with Crippen molar-refractivity contribution in [3.8, 4) is 0 Å². The van der Waals surface area contributed by atoms with Crippen molar-refractivity contribution in [2.24, 2.45) is 5.92 Å². The van der Waals surface area contributed by atoms with E-state index in [9.17, 15) is 9.59 Å². The maximum atomic E-state index is 12.6. The maximum absolute atomic E-state index is 12.6. The van der Waals surface area contributed by atoms with E-state index in [0.29, 0.717) is 10.7 Å². The molecule has 1 fully saturated rings. The summed E-state index contributed by atoms with van der Waals surface area (Å²) in [5.74, 6) is 0.716. The largest absolute Gasteiger partial charge is 0.317 e. The summed E-state index contributed by atoms with van der Waals surface area (Å²) in [5, 5.41) is 10.8. The molecule has 6 nitrogen and oxygen atoms in total. The molecule has 7 heteroatoms. The first-order valence-electron chi connectivity index (χ1n) is 8.25. The van der Waals surface area contributed by atoms with Gasteiger partial charge in [0.2, 0.25) is 5.91 Å². The first-order chi connectivity index (χ1) is 11.5. The third-order valence-corrected chi connectivity index (χ3v) is 5.39. The second-order valence-corrected chi connectivity index (χ2v) is 7.31. The van der Waals surface area contributed by atoms with Crippen molar-refractivity contribution >= 4 is 34.0 Å². The summed E-state index contributed by atoms with van der Waals surface area (Å²) in [4.78, 5) is 25.1. The van der Waals surface area contributed by atoms with Gasteiger partial charge in [-0.25, -0.2) is 4.68 Å². The van der Waals surface area contributed by atoms with Gasteiger partial charge < -0.3 is 10.6 Å². The third kappa shape index (κ3) is 3.51. The normalized spacial score (nSPS) is 15.1. The summed E-state index contributed by atoms with van der Waals surface area (Å²) < 4.78 is 1.82. The van der Waals surface area contributed by atoms with Gasteiger partial charge >= 0.3 is 0 Å². The molecule has 3 rings (SSSR count). The number of amides is 2.